The zero-order valence-electron chi connectivity index (χ0n) is 14.9. The van der Waals surface area contributed by atoms with Crippen LogP contribution in [0.3, 0.4) is 0 Å². The van der Waals surface area contributed by atoms with E-state index in [0.717, 1.165) is 16.9 Å². The predicted octanol–water partition coefficient (Wildman–Crippen LogP) is 2.53. The summed E-state index contributed by atoms with van der Waals surface area (Å²) in [5.74, 6) is 0.0657. The summed E-state index contributed by atoms with van der Waals surface area (Å²) in [4.78, 5) is 22.4. The molecule has 3 aromatic rings. The third kappa shape index (κ3) is 3.08. The van der Waals surface area contributed by atoms with Crippen LogP contribution in [0.2, 0.25) is 0 Å². The molecule has 3 aromatic heterocycles. The van der Waals surface area contributed by atoms with Gasteiger partial charge in [0.15, 0.2) is 11.3 Å². The first-order valence-corrected chi connectivity index (χ1v) is 8.61. The Labute approximate surface area is 152 Å². The molecule has 0 saturated carbocycles. The fraction of sp³-hybridized carbons (Fsp3) is 0.471. The minimum atomic E-state index is -4.42. The van der Waals surface area contributed by atoms with Gasteiger partial charge in [-0.15, -0.1) is 0 Å². The van der Waals surface area contributed by atoms with Gasteiger partial charge in [0.05, 0.1) is 11.7 Å². The lowest BCUT2D eigenvalue weighted by Crippen LogP contribution is -2.42. The normalized spacial score (nSPS) is 20.7. The fourth-order valence-corrected chi connectivity index (χ4v) is 3.76. The molecule has 0 unspecified atom stereocenters. The van der Waals surface area contributed by atoms with E-state index in [1.807, 2.05) is 40.5 Å². The number of carbonyl (C=O) groups is 1. The van der Waals surface area contributed by atoms with E-state index in [1.165, 1.54) is 4.90 Å². The average molecular weight is 380 g/mol. The van der Waals surface area contributed by atoms with Gasteiger partial charge in [0.2, 0.25) is 0 Å². The molecular formula is C17H19F3N6O. The molecule has 2 amide bonds. The van der Waals surface area contributed by atoms with Crippen LogP contribution in [0.25, 0.3) is 16.8 Å². The molecule has 4 rings (SSSR count). The molecule has 1 N–H and O–H groups in total. The SMILES string of the molecule is C[C@@H]1CN(C(=O)NCC(F)(F)F)C[C@@H]1c1cnc2cnc3c(ccn3C)n12. The highest BCUT2D eigenvalue weighted by molar-refractivity contribution is 5.76. The third-order valence-corrected chi connectivity index (χ3v) is 5.10. The summed E-state index contributed by atoms with van der Waals surface area (Å²) in [7, 11) is 1.91. The number of amides is 2. The molecule has 0 aliphatic carbocycles. The van der Waals surface area contributed by atoms with Crippen LogP contribution >= 0.6 is 0 Å². The highest BCUT2D eigenvalue weighted by Gasteiger charge is 2.37. The quantitative estimate of drug-likeness (QED) is 0.743. The van der Waals surface area contributed by atoms with E-state index in [0.29, 0.717) is 18.7 Å². The zero-order valence-corrected chi connectivity index (χ0v) is 14.9. The van der Waals surface area contributed by atoms with Crippen LogP contribution in [0.5, 0.6) is 0 Å². The van der Waals surface area contributed by atoms with Gasteiger partial charge in [-0.1, -0.05) is 6.92 Å². The second-order valence-corrected chi connectivity index (χ2v) is 7.03. The summed E-state index contributed by atoms with van der Waals surface area (Å²) in [5, 5.41) is 1.95. The molecule has 27 heavy (non-hydrogen) atoms. The average Bonchev–Trinajstić information content (AvgIpc) is 3.28. The van der Waals surface area contributed by atoms with Crippen molar-refractivity contribution < 1.29 is 18.0 Å². The molecule has 0 aromatic carbocycles. The van der Waals surface area contributed by atoms with Crippen molar-refractivity contribution in [1.29, 1.82) is 0 Å². The number of aryl methyl sites for hydroxylation is 1. The topological polar surface area (TPSA) is 67.5 Å². The number of fused-ring (bicyclic) bond motifs is 3. The maximum Gasteiger partial charge on any atom is 0.405 e. The van der Waals surface area contributed by atoms with Gasteiger partial charge < -0.3 is 14.8 Å². The molecule has 1 aliphatic heterocycles. The number of likely N-dealkylation sites (tertiary alicyclic amines) is 1. The molecule has 0 radical (unpaired) electrons. The number of rotatable bonds is 2. The van der Waals surface area contributed by atoms with Crippen LogP contribution in [0.15, 0.2) is 24.7 Å². The van der Waals surface area contributed by atoms with Gasteiger partial charge in [0.25, 0.3) is 0 Å². The van der Waals surface area contributed by atoms with Gasteiger partial charge in [-0.05, 0) is 12.0 Å². The van der Waals surface area contributed by atoms with E-state index in [1.54, 1.807) is 12.4 Å². The maximum absolute atomic E-state index is 12.4. The van der Waals surface area contributed by atoms with E-state index in [-0.39, 0.29) is 11.8 Å². The molecule has 144 valence electrons. The van der Waals surface area contributed by atoms with E-state index in [9.17, 15) is 18.0 Å². The Bertz CT molecular complexity index is 1010. The smallest absolute Gasteiger partial charge is 0.334 e. The second kappa shape index (κ2) is 6.14. The Hall–Kier alpha value is -2.78. The summed E-state index contributed by atoms with van der Waals surface area (Å²) in [5.41, 5.74) is 3.36. The van der Waals surface area contributed by atoms with Crippen LogP contribution in [-0.2, 0) is 7.05 Å². The number of halogens is 3. The standard InChI is InChI=1S/C17H19F3N6O/c1-10-7-25(16(27)23-9-17(18,19)20)8-11(10)13-5-21-14-6-22-15-12(26(13)14)3-4-24(15)2/h3-6,10-11H,7-9H2,1-2H3,(H,23,27)/t10-,11+/m1/s1. The van der Waals surface area contributed by atoms with Crippen LogP contribution < -0.4 is 5.32 Å². The van der Waals surface area contributed by atoms with Gasteiger partial charge in [-0.3, -0.25) is 4.40 Å². The zero-order chi connectivity index (χ0) is 19.3. The van der Waals surface area contributed by atoms with Gasteiger partial charge in [-0.25, -0.2) is 14.8 Å². The Morgan fingerprint density at radius 3 is 2.81 bits per heavy atom. The number of hydrogen-bond donors (Lipinski definition) is 1. The number of alkyl halides is 3. The van der Waals surface area contributed by atoms with E-state index < -0.39 is 18.8 Å². The molecule has 4 heterocycles. The molecule has 10 heteroatoms. The van der Waals surface area contributed by atoms with Gasteiger partial charge >= 0.3 is 12.2 Å². The Morgan fingerprint density at radius 1 is 1.30 bits per heavy atom. The fourth-order valence-electron chi connectivity index (χ4n) is 3.76. The summed E-state index contributed by atoms with van der Waals surface area (Å²) >= 11 is 0. The van der Waals surface area contributed by atoms with Crippen molar-refractivity contribution in [2.24, 2.45) is 13.0 Å². The number of imidazole rings is 1. The largest absolute Gasteiger partial charge is 0.405 e. The number of nitrogens with one attached hydrogen (secondary N) is 1. The molecule has 2 atom stereocenters. The number of hydrogen-bond acceptors (Lipinski definition) is 3. The van der Waals surface area contributed by atoms with Crippen LogP contribution in [0.1, 0.15) is 18.5 Å². The van der Waals surface area contributed by atoms with Crippen LogP contribution in [0.4, 0.5) is 18.0 Å². The number of urea groups is 1. The van der Waals surface area contributed by atoms with Gasteiger partial charge in [-0.2, -0.15) is 13.2 Å². The van der Waals surface area contributed by atoms with Crippen molar-refractivity contribution in [2.45, 2.75) is 19.0 Å². The van der Waals surface area contributed by atoms with E-state index in [4.69, 9.17) is 0 Å². The molecule has 0 spiro atoms. The first-order valence-electron chi connectivity index (χ1n) is 8.61. The monoisotopic (exact) mass is 380 g/mol. The number of nitrogens with zero attached hydrogens (tertiary/aromatic N) is 5. The molecular weight excluding hydrogens is 361 g/mol. The number of carbonyl (C=O) groups excluding carboxylic acids is 1. The van der Waals surface area contributed by atoms with Crippen molar-refractivity contribution >= 4 is 22.8 Å². The molecule has 1 saturated heterocycles. The predicted molar refractivity (Wildman–Crippen MR) is 92.4 cm³/mol. The molecule has 7 nitrogen and oxygen atoms in total. The van der Waals surface area contributed by atoms with Crippen molar-refractivity contribution in [2.75, 3.05) is 19.6 Å². The summed E-state index contributed by atoms with van der Waals surface area (Å²) < 4.78 is 41.0. The van der Waals surface area contributed by atoms with Crippen molar-refractivity contribution in [3.63, 3.8) is 0 Å². The van der Waals surface area contributed by atoms with Gasteiger partial charge in [0.1, 0.15) is 6.54 Å². The summed E-state index contributed by atoms with van der Waals surface area (Å²) in [6.45, 7) is 1.40. The minimum Gasteiger partial charge on any atom is -0.334 e. The van der Waals surface area contributed by atoms with Gasteiger partial charge in [0, 0.05) is 44.1 Å². The lowest BCUT2D eigenvalue weighted by atomic mass is 9.95. The summed E-state index contributed by atoms with van der Waals surface area (Å²) in [6.07, 6.45) is 0.949. The van der Waals surface area contributed by atoms with Crippen molar-refractivity contribution in [3.05, 3.63) is 30.4 Å². The van der Waals surface area contributed by atoms with Crippen LogP contribution in [0, 0.1) is 5.92 Å². The Balaban J connectivity index is 1.62. The minimum absolute atomic E-state index is 0.0255. The second-order valence-electron chi connectivity index (χ2n) is 7.03. The van der Waals surface area contributed by atoms with Crippen LogP contribution in [-0.4, -0.2) is 55.7 Å². The number of aromatic nitrogens is 4. The van der Waals surface area contributed by atoms with E-state index in [2.05, 4.69) is 9.97 Å². The molecule has 1 aliphatic rings. The highest BCUT2D eigenvalue weighted by atomic mass is 19.4. The van der Waals surface area contributed by atoms with E-state index >= 15 is 0 Å². The maximum atomic E-state index is 12.4. The highest BCUT2D eigenvalue weighted by Crippen LogP contribution is 2.34. The lowest BCUT2D eigenvalue weighted by Gasteiger charge is -2.18. The summed E-state index contributed by atoms with van der Waals surface area (Å²) in [6, 6.07) is 1.26. The van der Waals surface area contributed by atoms with Crippen molar-refractivity contribution in [1.82, 2.24) is 29.2 Å². The Kier molecular flexibility index (Phi) is 4.01. The molecule has 0 bridgehead atoms. The molecule has 1 fully saturated rings. The van der Waals surface area contributed by atoms with Crippen molar-refractivity contribution in [3.8, 4) is 0 Å². The Morgan fingerprint density at radius 2 is 2.07 bits per heavy atom. The first-order chi connectivity index (χ1) is 12.7. The lowest BCUT2D eigenvalue weighted by molar-refractivity contribution is -0.123. The first kappa shape index (κ1) is 17.6. The third-order valence-electron chi connectivity index (χ3n) is 5.10.